The summed E-state index contributed by atoms with van der Waals surface area (Å²) in [6.07, 6.45) is 1.36. The van der Waals surface area contributed by atoms with E-state index in [1.54, 1.807) is 0 Å². The predicted octanol–water partition coefficient (Wildman–Crippen LogP) is 2.78. The van der Waals surface area contributed by atoms with E-state index in [2.05, 4.69) is 30.6 Å². The molecule has 120 valence electrons. The van der Waals surface area contributed by atoms with E-state index >= 15 is 0 Å². The standard InChI is InChI=1S/C11H11BrClN3O4S2/c1-19-4-5-20-11-10(14-6-7(12)15-11)16-22(17,18)9-3-2-8(13)21-9/h2-3,6H,4-5H2,1H3,(H,14,16). The number of anilines is 1. The van der Waals surface area contributed by atoms with Crippen molar-refractivity contribution in [3.63, 3.8) is 0 Å². The van der Waals surface area contributed by atoms with Crippen LogP contribution in [-0.4, -0.2) is 38.7 Å². The molecule has 2 aromatic heterocycles. The molecule has 2 rings (SSSR count). The first kappa shape index (κ1) is 17.4. The lowest BCUT2D eigenvalue weighted by Crippen LogP contribution is -2.15. The van der Waals surface area contributed by atoms with E-state index in [4.69, 9.17) is 21.1 Å². The Balaban J connectivity index is 2.24. The number of hydrogen-bond acceptors (Lipinski definition) is 7. The number of thiophene rings is 1. The Morgan fingerprint density at radius 3 is 2.82 bits per heavy atom. The van der Waals surface area contributed by atoms with Gasteiger partial charge in [-0.3, -0.25) is 4.72 Å². The lowest BCUT2D eigenvalue weighted by atomic mass is 10.6. The maximum Gasteiger partial charge on any atom is 0.272 e. The van der Waals surface area contributed by atoms with Crippen LogP contribution in [0.4, 0.5) is 5.82 Å². The summed E-state index contributed by atoms with van der Waals surface area (Å²) < 4.78 is 38.0. The highest BCUT2D eigenvalue weighted by atomic mass is 79.9. The first-order chi connectivity index (χ1) is 10.4. The average Bonchev–Trinajstić information content (AvgIpc) is 2.89. The lowest BCUT2D eigenvalue weighted by Gasteiger charge is -2.11. The predicted molar refractivity (Wildman–Crippen MR) is 87.2 cm³/mol. The second-order valence-corrected chi connectivity index (χ2v) is 8.29. The summed E-state index contributed by atoms with van der Waals surface area (Å²) in [5.74, 6) is 0.0430. The maximum absolute atomic E-state index is 12.3. The molecule has 0 atom stereocenters. The van der Waals surface area contributed by atoms with Crippen molar-refractivity contribution in [1.82, 2.24) is 9.97 Å². The van der Waals surface area contributed by atoms with Crippen LogP contribution in [0.3, 0.4) is 0 Å². The van der Waals surface area contributed by atoms with Gasteiger partial charge in [0.1, 0.15) is 15.4 Å². The van der Waals surface area contributed by atoms with Crippen LogP contribution in [0.5, 0.6) is 5.88 Å². The van der Waals surface area contributed by atoms with Gasteiger partial charge in [0.15, 0.2) is 0 Å². The Morgan fingerprint density at radius 2 is 2.18 bits per heavy atom. The number of sulfonamides is 1. The average molecular weight is 429 g/mol. The third-order valence-electron chi connectivity index (χ3n) is 2.28. The SMILES string of the molecule is COCCOc1nc(Br)cnc1NS(=O)(=O)c1ccc(Cl)s1. The van der Waals surface area contributed by atoms with Gasteiger partial charge in [0.25, 0.3) is 15.9 Å². The van der Waals surface area contributed by atoms with E-state index in [9.17, 15) is 8.42 Å². The number of halogens is 2. The smallest absolute Gasteiger partial charge is 0.272 e. The molecule has 0 aromatic carbocycles. The molecule has 0 unspecified atom stereocenters. The zero-order valence-corrected chi connectivity index (χ0v) is 15.2. The van der Waals surface area contributed by atoms with Gasteiger partial charge in [-0.2, -0.15) is 0 Å². The van der Waals surface area contributed by atoms with Crippen LogP contribution in [0.1, 0.15) is 0 Å². The van der Waals surface area contributed by atoms with Crippen LogP contribution in [0.2, 0.25) is 4.34 Å². The molecule has 0 saturated carbocycles. The fourth-order valence-electron chi connectivity index (χ4n) is 1.36. The normalized spacial score (nSPS) is 11.4. The summed E-state index contributed by atoms with van der Waals surface area (Å²) in [6, 6.07) is 2.91. The minimum absolute atomic E-state index is 0.0103. The van der Waals surface area contributed by atoms with Crippen LogP contribution >= 0.6 is 38.9 Å². The molecule has 0 radical (unpaired) electrons. The molecular formula is C11H11BrClN3O4S2. The molecule has 0 bridgehead atoms. The third-order valence-corrected chi connectivity index (χ3v) is 5.73. The van der Waals surface area contributed by atoms with Gasteiger partial charge in [-0.1, -0.05) is 11.6 Å². The van der Waals surface area contributed by atoms with Crippen molar-refractivity contribution in [2.75, 3.05) is 25.0 Å². The Morgan fingerprint density at radius 1 is 1.41 bits per heavy atom. The first-order valence-electron chi connectivity index (χ1n) is 5.85. The molecule has 0 fully saturated rings. The summed E-state index contributed by atoms with van der Waals surface area (Å²) in [6.45, 7) is 0.544. The number of nitrogens with zero attached hydrogens (tertiary/aromatic N) is 2. The Kier molecular flexibility index (Phi) is 5.98. The van der Waals surface area contributed by atoms with Crippen molar-refractivity contribution >= 4 is 54.7 Å². The van der Waals surface area contributed by atoms with Crippen LogP contribution in [0.25, 0.3) is 0 Å². The Hall–Kier alpha value is -0.940. The number of ether oxygens (including phenoxy) is 2. The van der Waals surface area contributed by atoms with Crippen molar-refractivity contribution in [3.8, 4) is 5.88 Å². The summed E-state index contributed by atoms with van der Waals surface area (Å²) >= 11 is 9.86. The number of rotatable bonds is 7. The topological polar surface area (TPSA) is 90.4 Å². The number of methoxy groups -OCH3 is 1. The molecule has 11 heteroatoms. The molecular weight excluding hydrogens is 418 g/mol. The quantitative estimate of drug-likeness (QED) is 0.682. The van der Waals surface area contributed by atoms with Crippen molar-refractivity contribution in [3.05, 3.63) is 27.3 Å². The molecule has 1 N–H and O–H groups in total. The van der Waals surface area contributed by atoms with Crippen LogP contribution in [0, 0.1) is 0 Å². The van der Waals surface area contributed by atoms with Gasteiger partial charge in [-0.25, -0.2) is 18.4 Å². The first-order valence-corrected chi connectivity index (χ1v) is 9.32. The van der Waals surface area contributed by atoms with Gasteiger partial charge < -0.3 is 9.47 Å². The fraction of sp³-hybridized carbons (Fsp3) is 0.273. The summed E-state index contributed by atoms with van der Waals surface area (Å²) in [5, 5.41) is 0. The largest absolute Gasteiger partial charge is 0.473 e. The second kappa shape index (κ2) is 7.55. The summed E-state index contributed by atoms with van der Waals surface area (Å²) in [7, 11) is -2.28. The third kappa shape index (κ3) is 4.53. The second-order valence-electron chi connectivity index (χ2n) is 3.85. The monoisotopic (exact) mass is 427 g/mol. The Bertz CT molecular complexity index is 754. The zero-order chi connectivity index (χ0) is 16.2. The molecule has 22 heavy (non-hydrogen) atoms. The molecule has 0 aliphatic rings. The molecule has 0 aliphatic heterocycles. The highest BCUT2D eigenvalue weighted by Gasteiger charge is 2.20. The van der Waals surface area contributed by atoms with Crippen LogP contribution in [0.15, 0.2) is 27.1 Å². The number of nitrogens with one attached hydrogen (secondary N) is 1. The fourth-order valence-corrected chi connectivity index (χ4v) is 4.12. The van der Waals surface area contributed by atoms with Gasteiger partial charge in [-0.05, 0) is 28.1 Å². The number of hydrogen-bond donors (Lipinski definition) is 1. The van der Waals surface area contributed by atoms with E-state index < -0.39 is 10.0 Å². The molecule has 2 aromatic rings. The molecule has 7 nitrogen and oxygen atoms in total. The minimum Gasteiger partial charge on any atom is -0.473 e. The van der Waals surface area contributed by atoms with Gasteiger partial charge >= 0.3 is 0 Å². The van der Waals surface area contributed by atoms with E-state index in [-0.39, 0.29) is 22.5 Å². The minimum atomic E-state index is -3.80. The Labute approximate surface area is 144 Å². The van der Waals surface area contributed by atoms with Crippen LogP contribution < -0.4 is 9.46 Å². The lowest BCUT2D eigenvalue weighted by molar-refractivity contribution is 0.144. The van der Waals surface area contributed by atoms with Crippen molar-refractivity contribution in [2.24, 2.45) is 0 Å². The molecule has 0 aliphatic carbocycles. The summed E-state index contributed by atoms with van der Waals surface area (Å²) in [4.78, 5) is 8.04. The molecule has 0 spiro atoms. The highest BCUT2D eigenvalue weighted by Crippen LogP contribution is 2.29. The van der Waals surface area contributed by atoms with E-state index in [1.165, 1.54) is 25.4 Å². The highest BCUT2D eigenvalue weighted by molar-refractivity contribution is 9.10. The van der Waals surface area contributed by atoms with Gasteiger partial charge in [0.2, 0.25) is 5.82 Å². The zero-order valence-electron chi connectivity index (χ0n) is 11.2. The van der Waals surface area contributed by atoms with Gasteiger partial charge in [0, 0.05) is 7.11 Å². The van der Waals surface area contributed by atoms with Crippen molar-refractivity contribution in [1.29, 1.82) is 0 Å². The van der Waals surface area contributed by atoms with Crippen molar-refractivity contribution in [2.45, 2.75) is 4.21 Å². The van der Waals surface area contributed by atoms with Crippen molar-refractivity contribution < 1.29 is 17.9 Å². The van der Waals surface area contributed by atoms with E-state index in [0.29, 0.717) is 15.5 Å². The van der Waals surface area contributed by atoms with E-state index in [1.807, 2.05) is 0 Å². The molecule has 0 saturated heterocycles. The van der Waals surface area contributed by atoms with Crippen LogP contribution in [-0.2, 0) is 14.8 Å². The van der Waals surface area contributed by atoms with Gasteiger partial charge in [-0.15, -0.1) is 11.3 Å². The van der Waals surface area contributed by atoms with E-state index in [0.717, 1.165) is 11.3 Å². The maximum atomic E-state index is 12.3. The molecule has 2 heterocycles. The summed E-state index contributed by atoms with van der Waals surface area (Å²) in [5.41, 5.74) is 0. The molecule has 0 amide bonds. The number of aromatic nitrogens is 2. The van der Waals surface area contributed by atoms with Gasteiger partial charge in [0.05, 0.1) is 17.1 Å².